The third kappa shape index (κ3) is 2.62. The van der Waals surface area contributed by atoms with E-state index in [1.165, 1.54) is 0 Å². The normalized spacial score (nSPS) is 12.9. The lowest BCUT2D eigenvalue weighted by molar-refractivity contribution is 0.584. The van der Waals surface area contributed by atoms with Crippen LogP contribution in [0.5, 0.6) is 0 Å². The molecule has 0 heterocycles. The van der Waals surface area contributed by atoms with Crippen LogP contribution in [-0.4, -0.2) is 8.42 Å². The van der Waals surface area contributed by atoms with Crippen LogP contribution in [0.15, 0.2) is 17.0 Å². The first-order valence-electron chi connectivity index (χ1n) is 5.18. The highest BCUT2D eigenvalue weighted by atomic mass is 32.2. The standard InChI is InChI=1S/C12H19NO2S/c1-8-6-10(12(3,4)5)7-9(2)11(8)16(13,14)15/h6-7H,1-5H3,(H2,13,14,15). The Kier molecular flexibility index (Phi) is 3.18. The molecule has 1 aromatic carbocycles. The molecule has 0 aliphatic heterocycles. The molecule has 0 saturated carbocycles. The molecule has 16 heavy (non-hydrogen) atoms. The first-order chi connectivity index (χ1) is 7.03. The summed E-state index contributed by atoms with van der Waals surface area (Å²) in [6.07, 6.45) is 0. The van der Waals surface area contributed by atoms with Crippen molar-refractivity contribution in [3.63, 3.8) is 0 Å². The fraction of sp³-hybridized carbons (Fsp3) is 0.500. The third-order valence-electron chi connectivity index (χ3n) is 2.61. The number of sulfonamides is 1. The molecule has 0 atom stereocenters. The van der Waals surface area contributed by atoms with Crippen LogP contribution in [0.2, 0.25) is 0 Å². The van der Waals surface area contributed by atoms with Crippen molar-refractivity contribution in [2.75, 3.05) is 0 Å². The van der Waals surface area contributed by atoms with E-state index in [1.54, 1.807) is 13.8 Å². The van der Waals surface area contributed by atoms with E-state index in [1.807, 2.05) is 12.1 Å². The van der Waals surface area contributed by atoms with Gasteiger partial charge in [0.25, 0.3) is 0 Å². The molecule has 1 rings (SSSR count). The molecule has 0 aliphatic rings. The zero-order chi connectivity index (χ0) is 12.7. The van der Waals surface area contributed by atoms with E-state index < -0.39 is 10.0 Å². The van der Waals surface area contributed by atoms with Crippen molar-refractivity contribution in [2.45, 2.75) is 44.9 Å². The molecule has 0 aliphatic carbocycles. The molecule has 0 unspecified atom stereocenters. The van der Waals surface area contributed by atoms with Gasteiger partial charge in [-0.05, 0) is 36.0 Å². The maximum atomic E-state index is 11.4. The Morgan fingerprint density at radius 1 is 1.06 bits per heavy atom. The predicted molar refractivity (Wildman–Crippen MR) is 66.0 cm³/mol. The molecule has 0 radical (unpaired) electrons. The Hall–Kier alpha value is -0.870. The van der Waals surface area contributed by atoms with Gasteiger partial charge in [-0.15, -0.1) is 0 Å². The summed E-state index contributed by atoms with van der Waals surface area (Å²) < 4.78 is 22.8. The Balaban J connectivity index is 3.53. The number of hydrogen-bond acceptors (Lipinski definition) is 2. The lowest BCUT2D eigenvalue weighted by Gasteiger charge is -2.21. The number of rotatable bonds is 1. The summed E-state index contributed by atoms with van der Waals surface area (Å²) in [5, 5.41) is 5.19. The predicted octanol–water partition coefficient (Wildman–Crippen LogP) is 2.25. The molecule has 0 spiro atoms. The van der Waals surface area contributed by atoms with Gasteiger partial charge < -0.3 is 0 Å². The maximum absolute atomic E-state index is 11.4. The van der Waals surface area contributed by atoms with Gasteiger partial charge in [0.05, 0.1) is 4.90 Å². The van der Waals surface area contributed by atoms with Crippen LogP contribution in [0.4, 0.5) is 0 Å². The second kappa shape index (κ2) is 3.86. The van der Waals surface area contributed by atoms with Crippen molar-refractivity contribution in [1.29, 1.82) is 0 Å². The van der Waals surface area contributed by atoms with Crippen molar-refractivity contribution in [2.24, 2.45) is 5.14 Å². The summed E-state index contributed by atoms with van der Waals surface area (Å²) in [6.45, 7) is 9.84. The van der Waals surface area contributed by atoms with E-state index in [2.05, 4.69) is 20.8 Å². The minimum Gasteiger partial charge on any atom is -0.225 e. The Morgan fingerprint density at radius 2 is 1.44 bits per heavy atom. The Bertz CT molecular complexity index is 487. The van der Waals surface area contributed by atoms with Crippen LogP contribution in [-0.2, 0) is 15.4 Å². The van der Waals surface area contributed by atoms with E-state index in [9.17, 15) is 8.42 Å². The molecule has 0 fully saturated rings. The first kappa shape index (κ1) is 13.2. The van der Waals surface area contributed by atoms with E-state index >= 15 is 0 Å². The molecule has 3 nitrogen and oxygen atoms in total. The van der Waals surface area contributed by atoms with Gasteiger partial charge in [0.1, 0.15) is 0 Å². The monoisotopic (exact) mass is 241 g/mol. The molecule has 2 N–H and O–H groups in total. The van der Waals surface area contributed by atoms with Gasteiger partial charge in [-0.1, -0.05) is 32.9 Å². The lowest BCUT2D eigenvalue weighted by atomic mass is 9.85. The van der Waals surface area contributed by atoms with E-state index in [4.69, 9.17) is 5.14 Å². The second-order valence-corrected chi connectivity index (χ2v) is 6.73. The number of benzene rings is 1. The van der Waals surface area contributed by atoms with Crippen LogP contribution >= 0.6 is 0 Å². The topological polar surface area (TPSA) is 60.2 Å². The van der Waals surface area contributed by atoms with Gasteiger partial charge >= 0.3 is 0 Å². The number of aryl methyl sites for hydroxylation is 2. The fourth-order valence-corrected chi connectivity index (χ4v) is 2.85. The van der Waals surface area contributed by atoms with E-state index in [-0.39, 0.29) is 10.3 Å². The minimum atomic E-state index is -3.63. The average Bonchev–Trinajstić information content (AvgIpc) is 1.97. The van der Waals surface area contributed by atoms with Crippen LogP contribution in [0.1, 0.15) is 37.5 Å². The summed E-state index contributed by atoms with van der Waals surface area (Å²) in [5.74, 6) is 0. The molecule has 0 aromatic heterocycles. The lowest BCUT2D eigenvalue weighted by Crippen LogP contribution is -2.18. The highest BCUT2D eigenvalue weighted by Gasteiger charge is 2.20. The van der Waals surface area contributed by atoms with Crippen LogP contribution in [0.25, 0.3) is 0 Å². The third-order valence-corrected chi connectivity index (χ3v) is 3.82. The van der Waals surface area contributed by atoms with Crippen molar-refractivity contribution in [3.05, 3.63) is 28.8 Å². The molecule has 4 heteroatoms. The second-order valence-electron chi connectivity index (χ2n) is 5.23. The van der Waals surface area contributed by atoms with Gasteiger partial charge in [0.2, 0.25) is 10.0 Å². The minimum absolute atomic E-state index is 0.00636. The van der Waals surface area contributed by atoms with Crippen molar-refractivity contribution in [1.82, 2.24) is 0 Å². The van der Waals surface area contributed by atoms with Gasteiger partial charge in [-0.3, -0.25) is 0 Å². The smallest absolute Gasteiger partial charge is 0.225 e. The summed E-state index contributed by atoms with van der Waals surface area (Å²) in [7, 11) is -3.63. The SMILES string of the molecule is Cc1cc(C(C)(C)C)cc(C)c1S(N)(=O)=O. The maximum Gasteiger partial charge on any atom is 0.238 e. The molecule has 0 saturated heterocycles. The largest absolute Gasteiger partial charge is 0.238 e. The zero-order valence-electron chi connectivity index (χ0n) is 10.5. The van der Waals surface area contributed by atoms with Crippen molar-refractivity contribution in [3.8, 4) is 0 Å². The van der Waals surface area contributed by atoms with E-state index in [0.29, 0.717) is 11.1 Å². The molecule has 0 amide bonds. The molecule has 0 bridgehead atoms. The molecular weight excluding hydrogens is 222 g/mol. The number of primary sulfonamides is 1. The van der Waals surface area contributed by atoms with Gasteiger partial charge in [-0.25, -0.2) is 13.6 Å². The quantitative estimate of drug-likeness (QED) is 0.819. The Labute approximate surface area is 97.7 Å². The average molecular weight is 241 g/mol. The first-order valence-corrected chi connectivity index (χ1v) is 6.72. The summed E-state index contributed by atoms with van der Waals surface area (Å²) >= 11 is 0. The summed E-state index contributed by atoms with van der Waals surface area (Å²) in [6, 6.07) is 3.79. The highest BCUT2D eigenvalue weighted by molar-refractivity contribution is 7.89. The van der Waals surface area contributed by atoms with E-state index in [0.717, 1.165) is 5.56 Å². The van der Waals surface area contributed by atoms with Crippen LogP contribution < -0.4 is 5.14 Å². The van der Waals surface area contributed by atoms with Gasteiger partial charge in [0.15, 0.2) is 0 Å². The fourth-order valence-electron chi connectivity index (χ4n) is 1.83. The number of hydrogen-bond donors (Lipinski definition) is 1. The van der Waals surface area contributed by atoms with Gasteiger partial charge in [0, 0.05) is 0 Å². The van der Waals surface area contributed by atoms with Crippen molar-refractivity contribution >= 4 is 10.0 Å². The van der Waals surface area contributed by atoms with Crippen molar-refractivity contribution < 1.29 is 8.42 Å². The number of nitrogens with two attached hydrogens (primary N) is 1. The van der Waals surface area contributed by atoms with Crippen LogP contribution in [0.3, 0.4) is 0 Å². The summed E-state index contributed by atoms with van der Waals surface area (Å²) in [5.41, 5.74) is 2.56. The van der Waals surface area contributed by atoms with Crippen LogP contribution in [0, 0.1) is 13.8 Å². The summed E-state index contributed by atoms with van der Waals surface area (Å²) in [4.78, 5) is 0.250. The highest BCUT2D eigenvalue weighted by Crippen LogP contribution is 2.28. The van der Waals surface area contributed by atoms with Gasteiger partial charge in [-0.2, -0.15) is 0 Å². The zero-order valence-corrected chi connectivity index (χ0v) is 11.3. The molecule has 1 aromatic rings. The molecular formula is C12H19NO2S. The Morgan fingerprint density at radius 3 is 1.69 bits per heavy atom. The molecule has 90 valence electrons.